The number of benzene rings is 5. The first-order valence-corrected chi connectivity index (χ1v) is 11.5. The highest BCUT2D eigenvalue weighted by atomic mass is 14.2. The van der Waals surface area contributed by atoms with Gasteiger partial charge in [-0.25, -0.2) is 0 Å². The van der Waals surface area contributed by atoms with E-state index < -0.39 is 0 Å². The molecule has 0 aliphatic carbocycles. The molecule has 5 rings (SSSR count). The third-order valence-corrected chi connectivity index (χ3v) is 7.02. The number of aryl methyl sites for hydroxylation is 6. The molecule has 0 heterocycles. The monoisotopic (exact) mass is 414 g/mol. The van der Waals surface area contributed by atoms with Crippen LogP contribution in [0.15, 0.2) is 72.8 Å². The molecule has 0 spiro atoms. The van der Waals surface area contributed by atoms with E-state index in [0.717, 1.165) is 0 Å². The van der Waals surface area contributed by atoms with Crippen molar-refractivity contribution < 1.29 is 0 Å². The molecule has 0 saturated heterocycles. The van der Waals surface area contributed by atoms with E-state index in [-0.39, 0.29) is 0 Å². The first kappa shape index (κ1) is 20.5. The quantitative estimate of drug-likeness (QED) is 0.253. The van der Waals surface area contributed by atoms with Crippen molar-refractivity contribution in [3.8, 4) is 22.3 Å². The average molecular weight is 415 g/mol. The highest BCUT2D eigenvalue weighted by molar-refractivity contribution is 6.21. The fourth-order valence-electron chi connectivity index (χ4n) is 4.87. The Morgan fingerprint density at radius 3 is 1.12 bits per heavy atom. The Kier molecular flexibility index (Phi) is 4.90. The normalized spacial score (nSPS) is 11.4. The molecular weight excluding hydrogens is 384 g/mol. The Morgan fingerprint density at radius 1 is 0.344 bits per heavy atom. The van der Waals surface area contributed by atoms with Crippen LogP contribution in [0.1, 0.15) is 33.4 Å². The van der Waals surface area contributed by atoms with E-state index in [9.17, 15) is 0 Å². The van der Waals surface area contributed by atoms with E-state index in [1.807, 2.05) is 0 Å². The number of hydrogen-bond donors (Lipinski definition) is 0. The van der Waals surface area contributed by atoms with Gasteiger partial charge in [-0.05, 0) is 108 Å². The summed E-state index contributed by atoms with van der Waals surface area (Å²) in [6.45, 7) is 13.2. The number of hydrogen-bond acceptors (Lipinski definition) is 0. The molecule has 0 saturated carbocycles. The summed E-state index contributed by atoms with van der Waals surface area (Å²) in [6, 6.07) is 27.6. The first-order valence-electron chi connectivity index (χ1n) is 11.5. The van der Waals surface area contributed by atoms with Gasteiger partial charge in [-0.2, -0.15) is 0 Å². The molecule has 158 valence electrons. The van der Waals surface area contributed by atoms with E-state index in [1.54, 1.807) is 0 Å². The van der Waals surface area contributed by atoms with E-state index in [2.05, 4.69) is 114 Å². The molecule has 0 aromatic heterocycles. The Labute approximate surface area is 191 Å². The lowest BCUT2D eigenvalue weighted by Gasteiger charge is -2.19. The molecule has 0 aliphatic rings. The van der Waals surface area contributed by atoms with Gasteiger partial charge < -0.3 is 0 Å². The summed E-state index contributed by atoms with van der Waals surface area (Å²) in [7, 11) is 0. The summed E-state index contributed by atoms with van der Waals surface area (Å²) < 4.78 is 0. The lowest BCUT2D eigenvalue weighted by atomic mass is 9.84. The lowest BCUT2D eigenvalue weighted by Crippen LogP contribution is -1.94. The molecule has 0 amide bonds. The second-order valence-electron chi connectivity index (χ2n) is 9.45. The Morgan fingerprint density at radius 2 is 0.750 bits per heavy atom. The predicted molar refractivity (Wildman–Crippen MR) is 141 cm³/mol. The summed E-state index contributed by atoms with van der Waals surface area (Å²) in [5.41, 5.74) is 13.2. The van der Waals surface area contributed by atoms with Gasteiger partial charge in [0.25, 0.3) is 0 Å². The van der Waals surface area contributed by atoms with E-state index in [4.69, 9.17) is 0 Å². The lowest BCUT2D eigenvalue weighted by molar-refractivity contribution is 1.34. The van der Waals surface area contributed by atoms with Gasteiger partial charge in [-0.15, -0.1) is 0 Å². The minimum absolute atomic E-state index is 1.29. The fraction of sp³-hybridized carbons (Fsp3) is 0.188. The third-order valence-electron chi connectivity index (χ3n) is 7.02. The van der Waals surface area contributed by atoms with Crippen molar-refractivity contribution in [3.63, 3.8) is 0 Å². The molecule has 5 aromatic carbocycles. The molecule has 0 unspecified atom stereocenters. The van der Waals surface area contributed by atoms with Crippen molar-refractivity contribution in [2.24, 2.45) is 0 Å². The van der Waals surface area contributed by atoms with Crippen LogP contribution in [-0.4, -0.2) is 0 Å². The van der Waals surface area contributed by atoms with Crippen LogP contribution in [0.4, 0.5) is 0 Å². The molecule has 0 aliphatic heterocycles. The summed E-state index contributed by atoms with van der Waals surface area (Å²) in [5.74, 6) is 0. The second kappa shape index (κ2) is 7.64. The van der Waals surface area contributed by atoms with Crippen molar-refractivity contribution in [1.29, 1.82) is 0 Å². The van der Waals surface area contributed by atoms with Gasteiger partial charge in [0, 0.05) is 0 Å². The van der Waals surface area contributed by atoms with Gasteiger partial charge in [0.15, 0.2) is 0 Å². The van der Waals surface area contributed by atoms with Crippen molar-refractivity contribution in [1.82, 2.24) is 0 Å². The Hall–Kier alpha value is -3.38. The van der Waals surface area contributed by atoms with Gasteiger partial charge in [0.1, 0.15) is 0 Å². The van der Waals surface area contributed by atoms with Crippen LogP contribution in [0.25, 0.3) is 43.8 Å². The maximum absolute atomic E-state index is 2.36. The summed E-state index contributed by atoms with van der Waals surface area (Å²) >= 11 is 0. The van der Waals surface area contributed by atoms with Crippen LogP contribution >= 0.6 is 0 Å². The van der Waals surface area contributed by atoms with Crippen LogP contribution in [0, 0.1) is 41.5 Å². The highest BCUT2D eigenvalue weighted by Crippen LogP contribution is 2.44. The van der Waals surface area contributed by atoms with Crippen molar-refractivity contribution in [3.05, 3.63) is 106 Å². The standard InChI is InChI=1S/C32H30/c1-19-7-13-27-29(15-19)31(25-11-9-21(3)23(5)17-25)28-14-8-20(2)16-30(28)32(27)26-12-10-22(4)24(6)18-26/h7-18H,1-6H3. The molecule has 0 bridgehead atoms. The Balaban J connectivity index is 2.01. The first-order chi connectivity index (χ1) is 15.3. The van der Waals surface area contributed by atoms with Crippen LogP contribution in [-0.2, 0) is 0 Å². The SMILES string of the molecule is Cc1ccc2c(-c3ccc(C)c(C)c3)c3cc(C)ccc3c(-c3ccc(C)c(C)c3)c2c1. The third kappa shape index (κ3) is 3.31. The zero-order valence-corrected chi connectivity index (χ0v) is 19.9. The van der Waals surface area contributed by atoms with Gasteiger partial charge in [0.2, 0.25) is 0 Å². The van der Waals surface area contributed by atoms with E-state index in [0.29, 0.717) is 0 Å². The van der Waals surface area contributed by atoms with Crippen LogP contribution in [0.2, 0.25) is 0 Å². The number of rotatable bonds is 2. The van der Waals surface area contributed by atoms with E-state index in [1.165, 1.54) is 77.2 Å². The molecule has 0 heteroatoms. The zero-order valence-electron chi connectivity index (χ0n) is 19.9. The zero-order chi connectivity index (χ0) is 22.6. The maximum Gasteiger partial charge on any atom is -0.00262 e. The molecule has 32 heavy (non-hydrogen) atoms. The van der Waals surface area contributed by atoms with Gasteiger partial charge >= 0.3 is 0 Å². The molecule has 0 atom stereocenters. The maximum atomic E-state index is 2.36. The van der Waals surface area contributed by atoms with E-state index >= 15 is 0 Å². The van der Waals surface area contributed by atoms with Crippen molar-refractivity contribution in [2.75, 3.05) is 0 Å². The minimum atomic E-state index is 1.29. The van der Waals surface area contributed by atoms with Crippen molar-refractivity contribution in [2.45, 2.75) is 41.5 Å². The van der Waals surface area contributed by atoms with Crippen LogP contribution < -0.4 is 0 Å². The van der Waals surface area contributed by atoms with Crippen LogP contribution in [0.5, 0.6) is 0 Å². The molecular formula is C32H30. The Bertz CT molecular complexity index is 1400. The fourth-order valence-corrected chi connectivity index (χ4v) is 4.87. The molecule has 0 N–H and O–H groups in total. The predicted octanol–water partition coefficient (Wildman–Crippen LogP) is 9.18. The topological polar surface area (TPSA) is 0 Å². The summed E-state index contributed by atoms with van der Waals surface area (Å²) in [4.78, 5) is 0. The molecule has 0 nitrogen and oxygen atoms in total. The second-order valence-corrected chi connectivity index (χ2v) is 9.45. The van der Waals surface area contributed by atoms with Gasteiger partial charge in [-0.3, -0.25) is 0 Å². The average Bonchev–Trinajstić information content (AvgIpc) is 2.76. The molecule has 0 radical (unpaired) electrons. The van der Waals surface area contributed by atoms with Crippen LogP contribution in [0.3, 0.4) is 0 Å². The number of fused-ring (bicyclic) bond motifs is 2. The van der Waals surface area contributed by atoms with Gasteiger partial charge in [0.05, 0.1) is 0 Å². The highest BCUT2D eigenvalue weighted by Gasteiger charge is 2.17. The molecule has 0 fully saturated rings. The molecule has 5 aromatic rings. The largest absolute Gasteiger partial charge is 0.0587 e. The smallest absolute Gasteiger partial charge is 0.00262 e. The van der Waals surface area contributed by atoms with Crippen molar-refractivity contribution >= 4 is 21.5 Å². The van der Waals surface area contributed by atoms with Gasteiger partial charge in [-0.1, -0.05) is 83.9 Å². The minimum Gasteiger partial charge on any atom is -0.0587 e. The summed E-state index contributed by atoms with van der Waals surface area (Å²) in [5, 5.41) is 5.31. The summed E-state index contributed by atoms with van der Waals surface area (Å²) in [6.07, 6.45) is 0.